The molecule has 0 aliphatic carbocycles. The van der Waals surface area contributed by atoms with Gasteiger partial charge in [0.25, 0.3) is 0 Å². The second-order valence-electron chi connectivity index (χ2n) is 5.63. The van der Waals surface area contributed by atoms with E-state index in [1.807, 2.05) is 18.2 Å². The fourth-order valence-corrected chi connectivity index (χ4v) is 3.36. The van der Waals surface area contributed by atoms with Crippen molar-refractivity contribution in [2.24, 2.45) is 16.7 Å². The molecule has 3 aliphatic rings. The van der Waals surface area contributed by atoms with E-state index < -0.39 is 34.5 Å². The quantitative estimate of drug-likeness (QED) is 0.846. The van der Waals surface area contributed by atoms with Crippen LogP contribution in [0, 0.1) is 56.2 Å². The third-order valence-corrected chi connectivity index (χ3v) is 4.80. The van der Waals surface area contributed by atoms with Crippen LogP contribution in [0.15, 0.2) is 22.8 Å². The average Bonchev–Trinajstić information content (AvgIpc) is 3.03. The number of nitrogens with zero attached hydrogens (tertiary/aromatic N) is 3. The van der Waals surface area contributed by atoms with Crippen molar-refractivity contribution in [2.75, 3.05) is 0 Å². The second-order valence-corrected chi connectivity index (χ2v) is 5.63. The molecule has 1 aromatic heterocycles. The van der Waals surface area contributed by atoms with E-state index in [0.29, 0.717) is 0 Å². The Morgan fingerprint density at radius 1 is 1.23 bits per heavy atom. The highest BCUT2D eigenvalue weighted by Gasteiger charge is 2.78. The van der Waals surface area contributed by atoms with Gasteiger partial charge in [-0.3, -0.25) is 5.41 Å². The van der Waals surface area contributed by atoms with E-state index in [-0.39, 0.29) is 5.76 Å². The molecule has 0 saturated carbocycles. The van der Waals surface area contributed by atoms with Crippen molar-refractivity contribution < 1.29 is 13.9 Å². The topological polar surface area (TPSA) is 127 Å². The molecule has 1 N–H and O–H groups in total. The lowest BCUT2D eigenvalue weighted by atomic mass is 9.51. The molecule has 7 nitrogen and oxygen atoms in total. The number of nitrogens with one attached hydrogen (secondary N) is 1. The van der Waals surface area contributed by atoms with E-state index in [0.717, 1.165) is 0 Å². The summed E-state index contributed by atoms with van der Waals surface area (Å²) in [6.45, 7) is 3.18. The van der Waals surface area contributed by atoms with Crippen LogP contribution in [0.3, 0.4) is 0 Å². The molecule has 3 saturated heterocycles. The number of ether oxygens (including phenoxy) is 2. The Bertz CT molecular complexity index is 752. The van der Waals surface area contributed by atoms with Crippen LogP contribution >= 0.6 is 0 Å². The fraction of sp³-hybridized carbons (Fsp3) is 0.467. The molecule has 1 aromatic rings. The first-order valence-electron chi connectivity index (χ1n) is 6.65. The van der Waals surface area contributed by atoms with Crippen molar-refractivity contribution in [3.8, 4) is 18.2 Å². The zero-order valence-corrected chi connectivity index (χ0v) is 12.0. The molecule has 0 radical (unpaired) electrons. The highest BCUT2D eigenvalue weighted by atomic mass is 16.7. The first-order valence-corrected chi connectivity index (χ1v) is 6.65. The molecule has 0 unspecified atom stereocenters. The van der Waals surface area contributed by atoms with Crippen molar-refractivity contribution in [1.82, 2.24) is 0 Å². The summed E-state index contributed by atoms with van der Waals surface area (Å²) in [5.74, 6) is -2.25. The number of hydrogen-bond donors (Lipinski definition) is 1. The maximum Gasteiger partial charge on any atom is 0.215 e. The van der Waals surface area contributed by atoms with E-state index in [1.165, 1.54) is 6.26 Å². The lowest BCUT2D eigenvalue weighted by Gasteiger charge is -2.60. The molecular weight excluding hydrogens is 284 g/mol. The molecule has 3 aliphatic heterocycles. The maximum atomic E-state index is 9.81. The summed E-state index contributed by atoms with van der Waals surface area (Å²) >= 11 is 0. The van der Waals surface area contributed by atoms with E-state index in [4.69, 9.17) is 19.3 Å². The summed E-state index contributed by atoms with van der Waals surface area (Å²) in [5.41, 5.74) is -3.66. The summed E-state index contributed by atoms with van der Waals surface area (Å²) in [5, 5.41) is 37.4. The lowest BCUT2D eigenvalue weighted by Crippen LogP contribution is -2.71. The van der Waals surface area contributed by atoms with Crippen LogP contribution in [0.1, 0.15) is 25.7 Å². The molecule has 4 heterocycles. The van der Waals surface area contributed by atoms with Gasteiger partial charge in [-0.2, -0.15) is 15.8 Å². The van der Waals surface area contributed by atoms with Crippen LogP contribution in [-0.2, 0) is 9.47 Å². The van der Waals surface area contributed by atoms with Gasteiger partial charge in [0, 0.05) is 6.92 Å². The van der Waals surface area contributed by atoms with Crippen molar-refractivity contribution in [2.45, 2.75) is 25.7 Å². The summed E-state index contributed by atoms with van der Waals surface area (Å²) in [7, 11) is 0. The number of hydrogen-bond acceptors (Lipinski definition) is 7. The van der Waals surface area contributed by atoms with E-state index in [9.17, 15) is 15.8 Å². The largest absolute Gasteiger partial charge is 0.467 e. The third kappa shape index (κ3) is 1.24. The summed E-state index contributed by atoms with van der Waals surface area (Å²) in [4.78, 5) is 0. The fourth-order valence-electron chi connectivity index (χ4n) is 3.36. The Kier molecular flexibility index (Phi) is 2.63. The van der Waals surface area contributed by atoms with Gasteiger partial charge < -0.3 is 13.9 Å². The molecule has 7 heteroatoms. The van der Waals surface area contributed by atoms with Gasteiger partial charge in [-0.1, -0.05) is 6.92 Å². The van der Waals surface area contributed by atoms with Crippen molar-refractivity contribution in [3.05, 3.63) is 24.2 Å². The Labute approximate surface area is 126 Å². The molecule has 22 heavy (non-hydrogen) atoms. The smallest absolute Gasteiger partial charge is 0.215 e. The zero-order valence-electron chi connectivity index (χ0n) is 12.0. The first-order chi connectivity index (χ1) is 10.4. The summed E-state index contributed by atoms with van der Waals surface area (Å²) in [6.07, 6.45) is 0.345. The monoisotopic (exact) mass is 296 g/mol. The Hall–Kier alpha value is -2.82. The highest BCUT2D eigenvalue weighted by Crippen LogP contribution is 2.66. The predicted octanol–water partition coefficient (Wildman–Crippen LogP) is 2.25. The van der Waals surface area contributed by atoms with Crippen LogP contribution < -0.4 is 0 Å². The molecule has 0 amide bonds. The van der Waals surface area contributed by atoms with Crippen molar-refractivity contribution in [3.63, 3.8) is 0 Å². The normalized spacial score (nSPS) is 38.4. The van der Waals surface area contributed by atoms with E-state index in [2.05, 4.69) is 0 Å². The number of nitriles is 3. The van der Waals surface area contributed by atoms with Crippen molar-refractivity contribution >= 4 is 5.90 Å². The van der Waals surface area contributed by atoms with Crippen LogP contribution in [0.5, 0.6) is 0 Å². The van der Waals surface area contributed by atoms with Gasteiger partial charge in [0.15, 0.2) is 10.8 Å². The van der Waals surface area contributed by atoms with Gasteiger partial charge in [-0.15, -0.1) is 0 Å². The minimum absolute atomic E-state index is 0.280. The van der Waals surface area contributed by atoms with Gasteiger partial charge in [0.2, 0.25) is 11.7 Å². The Morgan fingerprint density at radius 3 is 2.41 bits per heavy atom. The van der Waals surface area contributed by atoms with Crippen LogP contribution in [0.4, 0.5) is 0 Å². The predicted molar refractivity (Wildman–Crippen MR) is 70.6 cm³/mol. The minimum atomic E-state index is -1.88. The van der Waals surface area contributed by atoms with Crippen molar-refractivity contribution in [1.29, 1.82) is 21.2 Å². The molecular formula is C15H12N4O3. The Morgan fingerprint density at radius 2 is 1.91 bits per heavy atom. The van der Waals surface area contributed by atoms with E-state index in [1.54, 1.807) is 26.0 Å². The molecule has 0 aromatic carbocycles. The molecule has 110 valence electrons. The molecule has 0 spiro atoms. The molecule has 4 rings (SSSR count). The molecule has 3 fully saturated rings. The van der Waals surface area contributed by atoms with Gasteiger partial charge >= 0.3 is 0 Å². The van der Waals surface area contributed by atoms with Gasteiger partial charge in [0.05, 0.1) is 30.4 Å². The highest BCUT2D eigenvalue weighted by molar-refractivity contribution is 5.88. The first kappa shape index (κ1) is 14.1. The van der Waals surface area contributed by atoms with Crippen LogP contribution in [-0.4, -0.2) is 11.7 Å². The standard InChI is InChI=1S/C15H12N4O3/c1-9-13(2)21-11(10-4-3-5-20-10)15(8-18,12(19)22-13)14(9,6-16)7-17/h3-5,9,11,19H,1-2H3/t9-,11-,13-,15-/m1/s1. The van der Waals surface area contributed by atoms with Crippen LogP contribution in [0.25, 0.3) is 0 Å². The van der Waals surface area contributed by atoms with Gasteiger partial charge in [-0.25, -0.2) is 0 Å². The summed E-state index contributed by atoms with van der Waals surface area (Å²) in [6, 6.07) is 9.08. The molecule has 4 atom stereocenters. The minimum Gasteiger partial charge on any atom is -0.467 e. The van der Waals surface area contributed by atoms with Gasteiger partial charge in [-0.05, 0) is 12.1 Å². The number of rotatable bonds is 1. The zero-order chi connectivity index (χ0) is 16.2. The van der Waals surface area contributed by atoms with E-state index >= 15 is 0 Å². The average molecular weight is 296 g/mol. The number of fused-ring (bicyclic) bond motifs is 3. The second kappa shape index (κ2) is 4.10. The molecule has 2 bridgehead atoms. The lowest BCUT2D eigenvalue weighted by molar-refractivity contribution is -0.341. The Balaban J connectivity index is 2.35. The SMILES string of the molecule is C[C@H]1C(C#N)(C#N)[C@@]2(C#N)C(=N)O[C@@]1(C)O[C@@H]2c1ccco1. The number of furan rings is 1. The maximum absolute atomic E-state index is 9.81. The summed E-state index contributed by atoms with van der Waals surface area (Å²) < 4.78 is 16.6. The third-order valence-electron chi connectivity index (χ3n) is 4.80. The van der Waals surface area contributed by atoms with Gasteiger partial charge in [0.1, 0.15) is 11.9 Å². The van der Waals surface area contributed by atoms with Crippen LogP contribution in [0.2, 0.25) is 0 Å².